The number of carbonyl (C=O) groups excluding carboxylic acids is 1. The van der Waals surface area contributed by atoms with E-state index in [9.17, 15) is 4.79 Å². The molecule has 0 aliphatic heterocycles. The standard InChI is InChI=1S/C16H15Cl2NO3/c1-3-21-15(20)12-13(11-9(17)5-4-6-10(11)18)19-22-14(12)16(2)7-8-16/h4-6H,3,7-8H2,1-2H3. The number of nitrogens with zero attached hydrogens (tertiary/aromatic N) is 1. The van der Waals surface area contributed by atoms with Crippen molar-refractivity contribution in [1.29, 1.82) is 0 Å². The number of rotatable bonds is 4. The zero-order valence-electron chi connectivity index (χ0n) is 12.3. The average molecular weight is 340 g/mol. The second-order valence-corrected chi connectivity index (χ2v) is 6.43. The van der Waals surface area contributed by atoms with E-state index in [1.807, 2.05) is 6.92 Å². The molecule has 2 aromatic rings. The van der Waals surface area contributed by atoms with Crippen LogP contribution in [-0.4, -0.2) is 17.7 Å². The number of hydrogen-bond donors (Lipinski definition) is 0. The first-order valence-corrected chi connectivity index (χ1v) is 7.85. The van der Waals surface area contributed by atoms with Crippen molar-refractivity contribution < 1.29 is 14.1 Å². The van der Waals surface area contributed by atoms with Gasteiger partial charge in [0, 0.05) is 11.0 Å². The first kappa shape index (κ1) is 15.4. The maximum atomic E-state index is 12.4. The summed E-state index contributed by atoms with van der Waals surface area (Å²) in [4.78, 5) is 12.4. The lowest BCUT2D eigenvalue weighted by Gasteiger charge is -2.09. The molecule has 0 saturated heterocycles. The Kier molecular flexibility index (Phi) is 3.91. The van der Waals surface area contributed by atoms with Crippen LogP contribution >= 0.6 is 23.2 Å². The maximum Gasteiger partial charge on any atom is 0.344 e. The predicted molar refractivity (Wildman–Crippen MR) is 84.5 cm³/mol. The third-order valence-electron chi connectivity index (χ3n) is 3.92. The molecule has 1 aliphatic carbocycles. The molecule has 0 atom stereocenters. The molecule has 1 aromatic carbocycles. The van der Waals surface area contributed by atoms with Gasteiger partial charge < -0.3 is 9.26 Å². The predicted octanol–water partition coefficient (Wildman–Crippen LogP) is 4.88. The number of aromatic nitrogens is 1. The van der Waals surface area contributed by atoms with Gasteiger partial charge in [-0.25, -0.2) is 4.79 Å². The molecule has 0 spiro atoms. The molecule has 0 unspecified atom stereocenters. The number of esters is 1. The Morgan fingerprint density at radius 2 is 2.00 bits per heavy atom. The van der Waals surface area contributed by atoms with Crippen molar-refractivity contribution in [2.45, 2.75) is 32.1 Å². The lowest BCUT2D eigenvalue weighted by molar-refractivity contribution is 0.0523. The van der Waals surface area contributed by atoms with Crippen LogP contribution < -0.4 is 0 Å². The molecule has 1 aromatic heterocycles. The van der Waals surface area contributed by atoms with Gasteiger partial charge in [0.1, 0.15) is 11.3 Å². The van der Waals surface area contributed by atoms with E-state index in [0.29, 0.717) is 32.6 Å². The highest BCUT2D eigenvalue weighted by molar-refractivity contribution is 6.39. The van der Waals surface area contributed by atoms with Crippen molar-refractivity contribution in [3.63, 3.8) is 0 Å². The van der Waals surface area contributed by atoms with E-state index in [1.165, 1.54) is 0 Å². The van der Waals surface area contributed by atoms with Crippen molar-refractivity contribution in [2.24, 2.45) is 0 Å². The molecular weight excluding hydrogens is 325 g/mol. The summed E-state index contributed by atoms with van der Waals surface area (Å²) in [5, 5.41) is 4.90. The van der Waals surface area contributed by atoms with Gasteiger partial charge >= 0.3 is 5.97 Å². The van der Waals surface area contributed by atoms with E-state index in [0.717, 1.165) is 12.8 Å². The molecule has 0 radical (unpaired) electrons. The summed E-state index contributed by atoms with van der Waals surface area (Å²) in [6, 6.07) is 5.14. The maximum absolute atomic E-state index is 12.4. The zero-order chi connectivity index (χ0) is 15.9. The van der Waals surface area contributed by atoms with Crippen LogP contribution in [0.3, 0.4) is 0 Å². The summed E-state index contributed by atoms with van der Waals surface area (Å²) >= 11 is 12.5. The van der Waals surface area contributed by atoms with E-state index < -0.39 is 5.97 Å². The molecule has 3 rings (SSSR count). The number of carbonyl (C=O) groups is 1. The first-order chi connectivity index (χ1) is 10.5. The Hall–Kier alpha value is -1.52. The summed E-state index contributed by atoms with van der Waals surface area (Å²) in [7, 11) is 0. The van der Waals surface area contributed by atoms with Gasteiger partial charge in [-0.15, -0.1) is 0 Å². The second-order valence-electron chi connectivity index (χ2n) is 5.61. The fourth-order valence-electron chi connectivity index (χ4n) is 2.40. The first-order valence-electron chi connectivity index (χ1n) is 7.09. The summed E-state index contributed by atoms with van der Waals surface area (Å²) in [5.41, 5.74) is 1.00. The Balaban J connectivity index is 2.20. The fourth-order valence-corrected chi connectivity index (χ4v) is 2.98. The van der Waals surface area contributed by atoms with Crippen LogP contribution in [0, 0.1) is 0 Å². The van der Waals surface area contributed by atoms with Gasteiger partial charge in [0.05, 0.1) is 16.7 Å². The largest absolute Gasteiger partial charge is 0.462 e. The summed E-state index contributed by atoms with van der Waals surface area (Å²) < 4.78 is 10.7. The van der Waals surface area contributed by atoms with Crippen LogP contribution in [0.4, 0.5) is 0 Å². The van der Waals surface area contributed by atoms with Crippen LogP contribution in [-0.2, 0) is 10.2 Å². The van der Waals surface area contributed by atoms with Gasteiger partial charge in [-0.05, 0) is 31.9 Å². The second kappa shape index (κ2) is 5.60. The number of hydrogen-bond acceptors (Lipinski definition) is 4. The molecule has 1 saturated carbocycles. The number of ether oxygens (including phenoxy) is 1. The van der Waals surface area contributed by atoms with Crippen molar-refractivity contribution in [2.75, 3.05) is 6.61 Å². The Bertz CT molecular complexity index is 715. The number of halogens is 2. The van der Waals surface area contributed by atoms with Gasteiger partial charge in [-0.3, -0.25) is 0 Å². The van der Waals surface area contributed by atoms with Crippen LogP contribution in [0.15, 0.2) is 22.7 Å². The van der Waals surface area contributed by atoms with Gasteiger partial charge in [0.2, 0.25) is 0 Å². The summed E-state index contributed by atoms with van der Waals surface area (Å²) in [5.74, 6) is 0.0924. The molecule has 0 N–H and O–H groups in total. The van der Waals surface area contributed by atoms with Gasteiger partial charge in [-0.2, -0.15) is 0 Å². The van der Waals surface area contributed by atoms with Crippen LogP contribution in [0.5, 0.6) is 0 Å². The minimum absolute atomic E-state index is 0.166. The molecular formula is C16H15Cl2NO3. The zero-order valence-corrected chi connectivity index (χ0v) is 13.8. The highest BCUT2D eigenvalue weighted by atomic mass is 35.5. The van der Waals surface area contributed by atoms with E-state index >= 15 is 0 Å². The smallest absolute Gasteiger partial charge is 0.344 e. The summed E-state index contributed by atoms with van der Waals surface area (Å²) in [6.45, 7) is 4.07. The Labute approximate surface area is 138 Å². The molecule has 1 heterocycles. The minimum atomic E-state index is -0.460. The molecule has 0 amide bonds. The normalized spacial score (nSPS) is 15.6. The van der Waals surface area contributed by atoms with Crippen LogP contribution in [0.25, 0.3) is 11.3 Å². The average Bonchev–Trinajstić information content (AvgIpc) is 3.05. The monoisotopic (exact) mass is 339 g/mol. The van der Waals surface area contributed by atoms with Gasteiger partial charge in [-0.1, -0.05) is 41.3 Å². The van der Waals surface area contributed by atoms with E-state index in [4.69, 9.17) is 32.5 Å². The van der Waals surface area contributed by atoms with E-state index in [2.05, 4.69) is 5.16 Å². The molecule has 22 heavy (non-hydrogen) atoms. The SMILES string of the molecule is CCOC(=O)c1c(-c2c(Cl)cccc2Cl)noc1C1(C)CC1. The lowest BCUT2D eigenvalue weighted by atomic mass is 9.98. The third-order valence-corrected chi connectivity index (χ3v) is 4.55. The van der Waals surface area contributed by atoms with Gasteiger partial charge in [0.25, 0.3) is 0 Å². The molecule has 0 bridgehead atoms. The highest BCUT2D eigenvalue weighted by Crippen LogP contribution is 2.51. The number of benzene rings is 1. The quantitative estimate of drug-likeness (QED) is 0.745. The van der Waals surface area contributed by atoms with Crippen molar-refractivity contribution >= 4 is 29.2 Å². The molecule has 1 fully saturated rings. The molecule has 116 valence electrons. The van der Waals surface area contributed by atoms with Crippen molar-refractivity contribution in [3.05, 3.63) is 39.6 Å². The minimum Gasteiger partial charge on any atom is -0.462 e. The lowest BCUT2D eigenvalue weighted by Crippen LogP contribution is -2.12. The fraction of sp³-hybridized carbons (Fsp3) is 0.375. The van der Waals surface area contributed by atoms with E-state index in [-0.39, 0.29) is 12.0 Å². The highest BCUT2D eigenvalue weighted by Gasteiger charge is 2.47. The Morgan fingerprint density at radius 1 is 1.36 bits per heavy atom. The van der Waals surface area contributed by atoms with Gasteiger partial charge in [0.15, 0.2) is 5.76 Å². The van der Waals surface area contributed by atoms with Crippen LogP contribution in [0.1, 0.15) is 42.8 Å². The topological polar surface area (TPSA) is 52.3 Å². The van der Waals surface area contributed by atoms with E-state index in [1.54, 1.807) is 25.1 Å². The Morgan fingerprint density at radius 3 is 2.55 bits per heavy atom. The summed E-state index contributed by atoms with van der Waals surface area (Å²) in [6.07, 6.45) is 1.90. The molecule has 1 aliphatic rings. The van der Waals surface area contributed by atoms with Crippen LogP contribution in [0.2, 0.25) is 10.0 Å². The molecule has 4 nitrogen and oxygen atoms in total. The van der Waals surface area contributed by atoms with Crippen molar-refractivity contribution in [1.82, 2.24) is 5.16 Å². The van der Waals surface area contributed by atoms with Crippen molar-refractivity contribution in [3.8, 4) is 11.3 Å². The third kappa shape index (κ3) is 2.50. The molecule has 6 heteroatoms.